The van der Waals surface area contributed by atoms with Crippen LogP contribution in [0, 0.1) is 13.8 Å². The standard InChI is InChI=1S/C22H23N3O3S/c1-14-10-15(2)12-16(11-14)25-21(27)18(20(26)23-22(25)29)13-17-6-7-19(28-17)24-8-4-3-5-9-24/h6-7,10-13H,3-5,8-9H2,1-2H3,(H,23,26,29)/b18-13+. The second-order valence-corrected chi connectivity index (χ2v) is 7.91. The van der Waals surface area contributed by atoms with Gasteiger partial charge in [0, 0.05) is 19.2 Å². The van der Waals surface area contributed by atoms with Gasteiger partial charge >= 0.3 is 0 Å². The molecule has 0 radical (unpaired) electrons. The SMILES string of the molecule is Cc1cc(C)cc(N2C(=O)/C(=C/c3ccc(N4CCCCC4)o3)C(=O)NC2=S)c1. The van der Waals surface area contributed by atoms with Crippen LogP contribution < -0.4 is 15.1 Å². The summed E-state index contributed by atoms with van der Waals surface area (Å²) < 4.78 is 5.89. The molecule has 2 saturated heterocycles. The van der Waals surface area contributed by atoms with Crippen molar-refractivity contribution >= 4 is 46.8 Å². The Morgan fingerprint density at radius 2 is 1.72 bits per heavy atom. The summed E-state index contributed by atoms with van der Waals surface area (Å²) in [6, 6.07) is 9.42. The Morgan fingerprint density at radius 1 is 1.03 bits per heavy atom. The highest BCUT2D eigenvalue weighted by atomic mass is 32.1. The highest BCUT2D eigenvalue weighted by Crippen LogP contribution is 2.27. The summed E-state index contributed by atoms with van der Waals surface area (Å²) in [6.45, 7) is 5.82. The Labute approximate surface area is 175 Å². The van der Waals surface area contributed by atoms with E-state index < -0.39 is 11.8 Å². The number of rotatable bonds is 3. The Kier molecular flexibility index (Phi) is 5.24. The molecule has 2 fully saturated rings. The van der Waals surface area contributed by atoms with Crippen molar-refractivity contribution in [1.29, 1.82) is 0 Å². The zero-order chi connectivity index (χ0) is 20.5. The molecular weight excluding hydrogens is 386 g/mol. The van der Waals surface area contributed by atoms with Gasteiger partial charge in [-0.15, -0.1) is 0 Å². The van der Waals surface area contributed by atoms with Crippen molar-refractivity contribution in [2.24, 2.45) is 0 Å². The maximum absolute atomic E-state index is 13.1. The van der Waals surface area contributed by atoms with Gasteiger partial charge in [0.2, 0.25) is 0 Å². The number of aryl methyl sites for hydroxylation is 2. The minimum Gasteiger partial charge on any atom is -0.441 e. The number of anilines is 2. The highest BCUT2D eigenvalue weighted by Gasteiger charge is 2.35. The van der Waals surface area contributed by atoms with Gasteiger partial charge in [0.15, 0.2) is 11.0 Å². The van der Waals surface area contributed by atoms with E-state index in [2.05, 4.69) is 10.2 Å². The van der Waals surface area contributed by atoms with E-state index in [0.717, 1.165) is 42.9 Å². The fourth-order valence-corrected chi connectivity index (χ4v) is 4.10. The lowest BCUT2D eigenvalue weighted by molar-refractivity contribution is -0.122. The maximum atomic E-state index is 13.1. The number of carbonyl (C=O) groups excluding carboxylic acids is 2. The predicted octanol–water partition coefficient (Wildman–Crippen LogP) is 3.72. The van der Waals surface area contributed by atoms with Gasteiger partial charge in [-0.25, -0.2) is 0 Å². The van der Waals surface area contributed by atoms with Crippen LogP contribution in [0.2, 0.25) is 0 Å². The van der Waals surface area contributed by atoms with E-state index in [1.165, 1.54) is 17.4 Å². The molecule has 2 amide bonds. The van der Waals surface area contributed by atoms with Gasteiger partial charge in [-0.05, 0) is 80.7 Å². The number of hydrogen-bond donors (Lipinski definition) is 1. The summed E-state index contributed by atoms with van der Waals surface area (Å²) in [5, 5.41) is 2.69. The molecule has 2 aliphatic rings. The first kappa shape index (κ1) is 19.4. The van der Waals surface area contributed by atoms with Gasteiger partial charge in [0.25, 0.3) is 11.8 Å². The Hall–Kier alpha value is -2.93. The van der Waals surface area contributed by atoms with Crippen LogP contribution in [-0.2, 0) is 9.59 Å². The van der Waals surface area contributed by atoms with Crippen LogP contribution >= 0.6 is 12.2 Å². The molecule has 2 aromatic rings. The lowest BCUT2D eigenvalue weighted by atomic mass is 10.1. The minimum absolute atomic E-state index is 0.00250. The summed E-state index contributed by atoms with van der Waals surface area (Å²) in [5.41, 5.74) is 2.65. The van der Waals surface area contributed by atoms with Gasteiger partial charge in [-0.2, -0.15) is 0 Å². The third-order valence-electron chi connectivity index (χ3n) is 5.13. The van der Waals surface area contributed by atoms with Gasteiger partial charge in [0.1, 0.15) is 11.3 Å². The quantitative estimate of drug-likeness (QED) is 0.476. The van der Waals surface area contributed by atoms with E-state index in [4.69, 9.17) is 16.6 Å². The zero-order valence-electron chi connectivity index (χ0n) is 16.5. The van der Waals surface area contributed by atoms with Crippen LogP contribution in [0.5, 0.6) is 0 Å². The summed E-state index contributed by atoms with van der Waals surface area (Å²) >= 11 is 5.27. The van der Waals surface area contributed by atoms with E-state index in [0.29, 0.717) is 11.4 Å². The maximum Gasteiger partial charge on any atom is 0.270 e. The molecule has 0 aliphatic carbocycles. The molecule has 1 aromatic heterocycles. The topological polar surface area (TPSA) is 65.8 Å². The fraction of sp³-hybridized carbons (Fsp3) is 0.318. The first-order chi connectivity index (χ1) is 13.9. The molecule has 2 aliphatic heterocycles. The molecule has 1 aromatic carbocycles. The molecule has 7 heteroatoms. The van der Waals surface area contributed by atoms with Crippen LogP contribution in [0.25, 0.3) is 6.08 Å². The molecule has 0 unspecified atom stereocenters. The largest absolute Gasteiger partial charge is 0.441 e. The van der Waals surface area contributed by atoms with E-state index in [9.17, 15) is 9.59 Å². The normalized spacial score (nSPS) is 19.1. The molecule has 0 spiro atoms. The van der Waals surface area contributed by atoms with Gasteiger partial charge < -0.3 is 9.32 Å². The summed E-state index contributed by atoms with van der Waals surface area (Å²) in [7, 11) is 0. The molecule has 6 nitrogen and oxygen atoms in total. The van der Waals surface area contributed by atoms with Crippen molar-refractivity contribution in [1.82, 2.24) is 5.32 Å². The van der Waals surface area contributed by atoms with Crippen molar-refractivity contribution in [3.05, 3.63) is 52.8 Å². The third-order valence-corrected chi connectivity index (χ3v) is 5.42. The van der Waals surface area contributed by atoms with Gasteiger partial charge in [-0.3, -0.25) is 19.8 Å². The second kappa shape index (κ2) is 7.83. The minimum atomic E-state index is -0.517. The van der Waals surface area contributed by atoms with Crippen molar-refractivity contribution < 1.29 is 14.0 Å². The first-order valence-electron chi connectivity index (χ1n) is 9.77. The van der Waals surface area contributed by atoms with E-state index >= 15 is 0 Å². The number of piperidine rings is 1. The number of amides is 2. The average molecular weight is 410 g/mol. The van der Waals surface area contributed by atoms with Gasteiger partial charge in [-0.1, -0.05) is 6.07 Å². The monoisotopic (exact) mass is 409 g/mol. The molecule has 0 bridgehead atoms. The molecule has 150 valence electrons. The number of thiocarbonyl (C=S) groups is 1. The summed E-state index contributed by atoms with van der Waals surface area (Å²) in [4.78, 5) is 29.2. The number of carbonyl (C=O) groups is 2. The average Bonchev–Trinajstić information content (AvgIpc) is 3.14. The van der Waals surface area contributed by atoms with Crippen molar-refractivity contribution in [2.45, 2.75) is 33.1 Å². The Balaban J connectivity index is 1.64. The number of hydrogen-bond acceptors (Lipinski definition) is 5. The van der Waals surface area contributed by atoms with Crippen LogP contribution in [-0.4, -0.2) is 30.0 Å². The number of benzene rings is 1. The van der Waals surface area contributed by atoms with Crippen molar-refractivity contribution in [3.8, 4) is 0 Å². The number of nitrogens with one attached hydrogen (secondary N) is 1. The van der Waals surface area contributed by atoms with Gasteiger partial charge in [0.05, 0.1) is 5.69 Å². The molecule has 4 rings (SSSR count). The van der Waals surface area contributed by atoms with Crippen molar-refractivity contribution in [2.75, 3.05) is 22.9 Å². The fourth-order valence-electron chi connectivity index (χ4n) is 3.82. The third kappa shape index (κ3) is 3.96. The molecular formula is C22H23N3O3S. The van der Waals surface area contributed by atoms with Crippen LogP contribution in [0.1, 0.15) is 36.1 Å². The van der Waals surface area contributed by atoms with Crippen LogP contribution in [0.15, 0.2) is 40.3 Å². The first-order valence-corrected chi connectivity index (χ1v) is 10.2. The lowest BCUT2D eigenvalue weighted by Gasteiger charge is -2.29. The zero-order valence-corrected chi connectivity index (χ0v) is 17.3. The number of nitrogens with zero attached hydrogens (tertiary/aromatic N) is 2. The van der Waals surface area contributed by atoms with E-state index in [1.54, 1.807) is 6.07 Å². The van der Waals surface area contributed by atoms with E-state index in [1.807, 2.05) is 38.1 Å². The van der Waals surface area contributed by atoms with E-state index in [-0.39, 0.29) is 10.7 Å². The summed E-state index contributed by atoms with van der Waals surface area (Å²) in [6.07, 6.45) is 5.00. The second-order valence-electron chi connectivity index (χ2n) is 7.53. The molecule has 29 heavy (non-hydrogen) atoms. The highest BCUT2D eigenvalue weighted by molar-refractivity contribution is 7.80. The molecule has 0 saturated carbocycles. The predicted molar refractivity (Wildman–Crippen MR) is 117 cm³/mol. The molecule has 1 N–H and O–H groups in total. The van der Waals surface area contributed by atoms with Crippen LogP contribution in [0.3, 0.4) is 0 Å². The Morgan fingerprint density at radius 3 is 2.41 bits per heavy atom. The van der Waals surface area contributed by atoms with Crippen LogP contribution in [0.4, 0.5) is 11.6 Å². The van der Waals surface area contributed by atoms with Crippen molar-refractivity contribution in [3.63, 3.8) is 0 Å². The number of furan rings is 1. The molecule has 3 heterocycles. The smallest absolute Gasteiger partial charge is 0.270 e. The molecule has 0 atom stereocenters. The Bertz CT molecular complexity index is 998. The summed E-state index contributed by atoms with van der Waals surface area (Å²) in [5.74, 6) is 0.260. The lowest BCUT2D eigenvalue weighted by Crippen LogP contribution is -2.54.